The van der Waals surface area contributed by atoms with Gasteiger partial charge in [-0.15, -0.1) is 0 Å². The molecular formula is C17H21N5O2. The molecule has 2 aromatic rings. The average Bonchev–Trinajstić information content (AvgIpc) is 3.06. The Hall–Kier alpha value is -2.54. The molecule has 0 radical (unpaired) electrons. The van der Waals surface area contributed by atoms with Crippen LogP contribution in [-0.2, 0) is 9.53 Å². The molecule has 0 bridgehead atoms. The zero-order chi connectivity index (χ0) is 17.1. The molecule has 1 saturated heterocycles. The molecule has 24 heavy (non-hydrogen) atoms. The Bertz CT molecular complexity index is 735. The van der Waals surface area contributed by atoms with Crippen LogP contribution in [0.4, 0.5) is 5.82 Å². The number of aryl methyl sites for hydroxylation is 1. The van der Waals surface area contributed by atoms with Crippen LogP contribution >= 0.6 is 0 Å². The molecular weight excluding hydrogens is 306 g/mol. The highest BCUT2D eigenvalue weighted by Crippen LogP contribution is 2.23. The monoisotopic (exact) mass is 327 g/mol. The second-order valence-electron chi connectivity index (χ2n) is 5.95. The van der Waals surface area contributed by atoms with Crippen molar-refractivity contribution >= 4 is 11.7 Å². The first-order chi connectivity index (χ1) is 11.5. The van der Waals surface area contributed by atoms with Crippen LogP contribution in [0.5, 0.6) is 0 Å². The highest BCUT2D eigenvalue weighted by atomic mass is 16.5. The maximum atomic E-state index is 11.2. The Morgan fingerprint density at radius 2 is 2.04 bits per heavy atom. The lowest BCUT2D eigenvalue weighted by Crippen LogP contribution is -2.30. The van der Waals surface area contributed by atoms with Crippen molar-refractivity contribution in [2.45, 2.75) is 38.9 Å². The van der Waals surface area contributed by atoms with Crippen LogP contribution in [0.15, 0.2) is 24.5 Å². The van der Waals surface area contributed by atoms with E-state index in [0.29, 0.717) is 18.8 Å². The van der Waals surface area contributed by atoms with Gasteiger partial charge < -0.3 is 15.8 Å². The highest BCUT2D eigenvalue weighted by molar-refractivity contribution is 5.79. The van der Waals surface area contributed by atoms with Gasteiger partial charge >= 0.3 is 0 Å². The van der Waals surface area contributed by atoms with E-state index >= 15 is 0 Å². The minimum absolute atomic E-state index is 0.0402. The number of nitrogens with zero attached hydrogens (tertiary/aromatic N) is 3. The van der Waals surface area contributed by atoms with Crippen LogP contribution in [0.1, 0.15) is 24.1 Å². The molecule has 7 heteroatoms. The summed E-state index contributed by atoms with van der Waals surface area (Å²) in [4.78, 5) is 24.4. The van der Waals surface area contributed by atoms with Gasteiger partial charge in [0.15, 0.2) is 5.82 Å². The fraction of sp³-hybridized carbons (Fsp3) is 0.412. The standard InChI is InChI=1S/C17H21N5O2/c1-10-11(2)21-17(12-5-7-19-8-6-12)22-16(10)20-9-13-3-4-14(24-13)15(18)23/h5-8,13-14H,3-4,9H2,1-2H3,(H2,18,23)(H,20,21,22). The molecule has 1 aliphatic heterocycles. The maximum absolute atomic E-state index is 11.2. The molecule has 3 rings (SSSR count). The van der Waals surface area contributed by atoms with Crippen molar-refractivity contribution in [1.82, 2.24) is 15.0 Å². The Morgan fingerprint density at radius 3 is 2.71 bits per heavy atom. The molecule has 7 nitrogen and oxygen atoms in total. The average molecular weight is 327 g/mol. The second-order valence-corrected chi connectivity index (χ2v) is 5.95. The van der Waals surface area contributed by atoms with E-state index in [1.165, 1.54) is 0 Å². The molecule has 2 unspecified atom stereocenters. The lowest BCUT2D eigenvalue weighted by molar-refractivity contribution is -0.128. The third-order valence-corrected chi connectivity index (χ3v) is 4.25. The van der Waals surface area contributed by atoms with E-state index in [0.717, 1.165) is 29.1 Å². The normalized spacial score (nSPS) is 20.1. The number of nitrogens with two attached hydrogens (primary N) is 1. The summed E-state index contributed by atoms with van der Waals surface area (Å²) in [5, 5.41) is 3.32. The number of amides is 1. The van der Waals surface area contributed by atoms with Crippen LogP contribution in [0, 0.1) is 13.8 Å². The number of ether oxygens (including phenoxy) is 1. The van der Waals surface area contributed by atoms with E-state index in [9.17, 15) is 4.79 Å². The first-order valence-corrected chi connectivity index (χ1v) is 7.99. The fourth-order valence-electron chi connectivity index (χ4n) is 2.71. The Labute approximate surface area is 140 Å². The third kappa shape index (κ3) is 3.51. The molecule has 0 aliphatic carbocycles. The summed E-state index contributed by atoms with van der Waals surface area (Å²) in [5.41, 5.74) is 8.12. The number of anilines is 1. The summed E-state index contributed by atoms with van der Waals surface area (Å²) in [6.07, 6.45) is 4.40. The molecule has 1 amide bonds. The predicted octanol–water partition coefficient (Wildman–Crippen LogP) is 1.60. The van der Waals surface area contributed by atoms with Gasteiger partial charge in [-0.1, -0.05) is 0 Å². The van der Waals surface area contributed by atoms with Crippen LogP contribution in [-0.4, -0.2) is 39.6 Å². The summed E-state index contributed by atoms with van der Waals surface area (Å²) in [5.74, 6) is 1.04. The Balaban J connectivity index is 1.74. The summed E-state index contributed by atoms with van der Waals surface area (Å²) < 4.78 is 5.64. The SMILES string of the molecule is Cc1nc(-c2ccncc2)nc(NCC2CCC(C(N)=O)O2)c1C. The summed E-state index contributed by atoms with van der Waals surface area (Å²) in [6.45, 7) is 4.52. The molecule has 0 saturated carbocycles. The maximum Gasteiger partial charge on any atom is 0.246 e. The predicted molar refractivity (Wildman–Crippen MR) is 90.3 cm³/mol. The molecule has 0 spiro atoms. The van der Waals surface area contributed by atoms with Crippen molar-refractivity contribution in [3.8, 4) is 11.4 Å². The van der Waals surface area contributed by atoms with Gasteiger partial charge in [-0.3, -0.25) is 9.78 Å². The van der Waals surface area contributed by atoms with E-state index in [-0.39, 0.29) is 6.10 Å². The number of nitrogens with one attached hydrogen (secondary N) is 1. The largest absolute Gasteiger partial charge is 0.367 e. The zero-order valence-electron chi connectivity index (χ0n) is 13.8. The number of hydrogen-bond acceptors (Lipinski definition) is 6. The number of aromatic nitrogens is 3. The van der Waals surface area contributed by atoms with Crippen molar-refractivity contribution < 1.29 is 9.53 Å². The number of carbonyl (C=O) groups excluding carboxylic acids is 1. The Kier molecular flexibility index (Phi) is 4.71. The van der Waals surface area contributed by atoms with Gasteiger partial charge in [0.05, 0.1) is 6.10 Å². The third-order valence-electron chi connectivity index (χ3n) is 4.25. The quantitative estimate of drug-likeness (QED) is 0.864. The van der Waals surface area contributed by atoms with Crippen LogP contribution in [0.2, 0.25) is 0 Å². The molecule has 1 aliphatic rings. The van der Waals surface area contributed by atoms with Gasteiger partial charge in [0.2, 0.25) is 5.91 Å². The van der Waals surface area contributed by atoms with Crippen molar-refractivity contribution in [1.29, 1.82) is 0 Å². The minimum Gasteiger partial charge on any atom is -0.367 e. The van der Waals surface area contributed by atoms with E-state index in [4.69, 9.17) is 10.5 Å². The fourth-order valence-corrected chi connectivity index (χ4v) is 2.71. The van der Waals surface area contributed by atoms with E-state index < -0.39 is 12.0 Å². The highest BCUT2D eigenvalue weighted by Gasteiger charge is 2.29. The van der Waals surface area contributed by atoms with Gasteiger partial charge in [0.1, 0.15) is 11.9 Å². The first-order valence-electron chi connectivity index (χ1n) is 7.99. The molecule has 1 fully saturated rings. The van der Waals surface area contributed by atoms with Gasteiger partial charge in [0, 0.05) is 35.8 Å². The number of carbonyl (C=O) groups is 1. The summed E-state index contributed by atoms with van der Waals surface area (Å²) >= 11 is 0. The van der Waals surface area contributed by atoms with E-state index in [2.05, 4.69) is 20.3 Å². The first kappa shape index (κ1) is 16.3. The van der Waals surface area contributed by atoms with Crippen LogP contribution in [0.3, 0.4) is 0 Å². The van der Waals surface area contributed by atoms with Gasteiger partial charge in [-0.25, -0.2) is 9.97 Å². The van der Waals surface area contributed by atoms with Gasteiger partial charge in [-0.05, 0) is 38.8 Å². The second kappa shape index (κ2) is 6.92. The van der Waals surface area contributed by atoms with Crippen LogP contribution < -0.4 is 11.1 Å². The molecule has 0 aromatic carbocycles. The number of primary amides is 1. The molecule has 126 valence electrons. The molecule has 2 aromatic heterocycles. The van der Waals surface area contributed by atoms with Gasteiger partial charge in [-0.2, -0.15) is 0 Å². The Morgan fingerprint density at radius 1 is 1.29 bits per heavy atom. The zero-order valence-corrected chi connectivity index (χ0v) is 13.8. The van der Waals surface area contributed by atoms with Crippen molar-refractivity contribution in [3.63, 3.8) is 0 Å². The smallest absolute Gasteiger partial charge is 0.246 e. The number of rotatable bonds is 5. The van der Waals surface area contributed by atoms with Crippen molar-refractivity contribution in [2.24, 2.45) is 5.73 Å². The van der Waals surface area contributed by atoms with Crippen molar-refractivity contribution in [3.05, 3.63) is 35.8 Å². The van der Waals surface area contributed by atoms with E-state index in [1.54, 1.807) is 12.4 Å². The molecule has 2 atom stereocenters. The lowest BCUT2D eigenvalue weighted by Gasteiger charge is -2.16. The topological polar surface area (TPSA) is 103 Å². The van der Waals surface area contributed by atoms with Gasteiger partial charge in [0.25, 0.3) is 0 Å². The summed E-state index contributed by atoms with van der Waals surface area (Å²) in [7, 11) is 0. The molecule has 3 heterocycles. The summed E-state index contributed by atoms with van der Waals surface area (Å²) in [6, 6.07) is 3.76. The number of pyridine rings is 1. The number of hydrogen-bond donors (Lipinski definition) is 2. The van der Waals surface area contributed by atoms with E-state index in [1.807, 2.05) is 26.0 Å². The van der Waals surface area contributed by atoms with Crippen molar-refractivity contribution in [2.75, 3.05) is 11.9 Å². The minimum atomic E-state index is -0.475. The van der Waals surface area contributed by atoms with Crippen LogP contribution in [0.25, 0.3) is 11.4 Å². The molecule has 3 N–H and O–H groups in total. The lowest BCUT2D eigenvalue weighted by atomic mass is 10.2.